The van der Waals surface area contributed by atoms with E-state index in [1.54, 1.807) is 0 Å². The van der Waals surface area contributed by atoms with Gasteiger partial charge < -0.3 is 15.0 Å². The molecular weight excluding hydrogens is 311 g/mol. The van der Waals surface area contributed by atoms with Gasteiger partial charge in [0, 0.05) is 32.1 Å². The van der Waals surface area contributed by atoms with E-state index < -0.39 is 5.82 Å². The lowest BCUT2D eigenvalue weighted by Crippen LogP contribution is -2.33. The minimum Gasteiger partial charge on any atom is -0.484 e. The third-order valence-corrected chi connectivity index (χ3v) is 3.65. The van der Waals surface area contributed by atoms with Gasteiger partial charge in [0.25, 0.3) is 5.91 Å². The third kappa shape index (κ3) is 4.87. The summed E-state index contributed by atoms with van der Waals surface area (Å²) in [6.07, 6.45) is 2.25. The predicted octanol–water partition coefficient (Wildman–Crippen LogP) is 1.99. The second-order valence-corrected chi connectivity index (χ2v) is 5.46. The molecule has 1 aliphatic rings. The molecule has 7 heteroatoms. The highest BCUT2D eigenvalue weighted by Crippen LogP contribution is 2.20. The number of halogens is 2. The number of amides is 2. The first-order valence-corrected chi connectivity index (χ1v) is 7.56. The van der Waals surface area contributed by atoms with Crippen molar-refractivity contribution in [3.63, 3.8) is 0 Å². The first-order chi connectivity index (χ1) is 10.6. The molecule has 0 saturated carbocycles. The zero-order valence-corrected chi connectivity index (χ0v) is 12.9. The maximum atomic E-state index is 13.0. The molecule has 1 heterocycles. The van der Waals surface area contributed by atoms with Gasteiger partial charge >= 0.3 is 0 Å². The number of carbonyl (C=O) groups excluding carboxylic acids is 2. The third-order valence-electron chi connectivity index (χ3n) is 3.36. The highest BCUT2D eigenvalue weighted by Gasteiger charge is 2.18. The molecule has 0 aliphatic carbocycles. The average Bonchev–Trinajstić information content (AvgIpc) is 2.90. The smallest absolute Gasteiger partial charge is 0.257 e. The lowest BCUT2D eigenvalue weighted by molar-refractivity contribution is -0.127. The molecule has 0 atom stereocenters. The summed E-state index contributed by atoms with van der Waals surface area (Å²) in [4.78, 5) is 24.8. The first kappa shape index (κ1) is 16.5. The van der Waals surface area contributed by atoms with Crippen LogP contribution in [-0.4, -0.2) is 43.0 Å². The van der Waals surface area contributed by atoms with Gasteiger partial charge in [-0.2, -0.15) is 0 Å². The van der Waals surface area contributed by atoms with Crippen molar-refractivity contribution in [2.45, 2.75) is 19.3 Å². The molecule has 1 saturated heterocycles. The largest absolute Gasteiger partial charge is 0.484 e. The maximum absolute atomic E-state index is 13.0. The van der Waals surface area contributed by atoms with E-state index >= 15 is 0 Å². The molecule has 0 spiro atoms. The van der Waals surface area contributed by atoms with Crippen molar-refractivity contribution in [2.24, 2.45) is 0 Å². The molecule has 5 nitrogen and oxygen atoms in total. The van der Waals surface area contributed by atoms with Crippen LogP contribution in [-0.2, 0) is 9.59 Å². The van der Waals surface area contributed by atoms with Crippen LogP contribution < -0.4 is 10.1 Å². The quantitative estimate of drug-likeness (QED) is 0.779. The van der Waals surface area contributed by atoms with E-state index in [0.717, 1.165) is 13.0 Å². The lowest BCUT2D eigenvalue weighted by atomic mass is 10.3. The number of nitrogens with zero attached hydrogens (tertiary/aromatic N) is 1. The van der Waals surface area contributed by atoms with Gasteiger partial charge in [-0.05, 0) is 25.0 Å². The van der Waals surface area contributed by atoms with Gasteiger partial charge in [-0.25, -0.2) is 4.39 Å². The van der Waals surface area contributed by atoms with Gasteiger partial charge in [0.1, 0.15) is 11.6 Å². The zero-order chi connectivity index (χ0) is 15.9. The van der Waals surface area contributed by atoms with Gasteiger partial charge in [-0.1, -0.05) is 11.6 Å². The van der Waals surface area contributed by atoms with Crippen molar-refractivity contribution in [3.8, 4) is 5.75 Å². The number of benzene rings is 1. The molecule has 1 aromatic carbocycles. The molecule has 0 radical (unpaired) electrons. The predicted molar refractivity (Wildman–Crippen MR) is 80.3 cm³/mol. The topological polar surface area (TPSA) is 58.6 Å². The van der Waals surface area contributed by atoms with E-state index in [9.17, 15) is 14.0 Å². The molecule has 1 aliphatic heterocycles. The van der Waals surface area contributed by atoms with Crippen LogP contribution in [0.1, 0.15) is 19.3 Å². The fraction of sp³-hybridized carbons (Fsp3) is 0.467. The van der Waals surface area contributed by atoms with Crippen LogP contribution in [0.4, 0.5) is 4.39 Å². The van der Waals surface area contributed by atoms with E-state index in [-0.39, 0.29) is 23.4 Å². The van der Waals surface area contributed by atoms with Crippen molar-refractivity contribution in [2.75, 3.05) is 26.2 Å². The number of nitrogens with one attached hydrogen (secondary N) is 1. The fourth-order valence-corrected chi connectivity index (χ4v) is 2.38. The van der Waals surface area contributed by atoms with Crippen LogP contribution in [0.25, 0.3) is 0 Å². The number of hydrogen-bond acceptors (Lipinski definition) is 3. The van der Waals surface area contributed by atoms with Crippen LogP contribution in [0.2, 0.25) is 5.02 Å². The molecule has 1 aromatic rings. The van der Waals surface area contributed by atoms with Crippen LogP contribution in [0, 0.1) is 5.82 Å². The summed E-state index contributed by atoms with van der Waals surface area (Å²) < 4.78 is 18.2. The molecule has 1 N–H and O–H groups in total. The second kappa shape index (κ2) is 7.98. The number of likely N-dealkylation sites (tertiary alicyclic amines) is 1. The fourth-order valence-electron chi connectivity index (χ4n) is 2.20. The molecule has 22 heavy (non-hydrogen) atoms. The van der Waals surface area contributed by atoms with Crippen molar-refractivity contribution in [3.05, 3.63) is 29.0 Å². The monoisotopic (exact) mass is 328 g/mol. The maximum Gasteiger partial charge on any atom is 0.257 e. The minimum atomic E-state index is -0.532. The highest BCUT2D eigenvalue weighted by atomic mass is 35.5. The number of hydrogen-bond donors (Lipinski definition) is 1. The first-order valence-electron chi connectivity index (χ1n) is 7.18. The van der Waals surface area contributed by atoms with E-state index in [1.165, 1.54) is 18.2 Å². The Labute approximate surface area is 133 Å². The molecule has 2 amide bonds. The lowest BCUT2D eigenvalue weighted by Gasteiger charge is -2.15. The number of carbonyl (C=O) groups is 2. The number of rotatable bonds is 7. The Morgan fingerprint density at radius 2 is 2.27 bits per heavy atom. The van der Waals surface area contributed by atoms with E-state index in [0.29, 0.717) is 31.7 Å². The molecular formula is C15H18ClFN2O3. The molecule has 0 bridgehead atoms. The van der Waals surface area contributed by atoms with Crippen LogP contribution >= 0.6 is 11.6 Å². The zero-order valence-electron chi connectivity index (χ0n) is 12.1. The summed E-state index contributed by atoms with van der Waals surface area (Å²) in [7, 11) is 0. The molecule has 120 valence electrons. The highest BCUT2D eigenvalue weighted by molar-refractivity contribution is 6.30. The Bertz CT molecular complexity index is 554. The normalized spacial score (nSPS) is 14.3. The Kier molecular flexibility index (Phi) is 6.00. The Hall–Kier alpha value is -1.82. The number of ether oxygens (including phenoxy) is 1. The SMILES string of the molecule is O=C(COc1ccc(F)c(Cl)c1)NCCCN1CCCC1=O. The Morgan fingerprint density at radius 1 is 1.45 bits per heavy atom. The van der Waals surface area contributed by atoms with E-state index in [1.807, 2.05) is 4.90 Å². The van der Waals surface area contributed by atoms with Crippen LogP contribution in [0.5, 0.6) is 5.75 Å². The van der Waals surface area contributed by atoms with Gasteiger partial charge in [-0.15, -0.1) is 0 Å². The standard InChI is InChI=1S/C15H18ClFN2O3/c16-12-9-11(4-5-13(12)17)22-10-14(20)18-6-2-8-19-7-1-3-15(19)21/h4-5,9H,1-3,6-8,10H2,(H,18,20). The van der Waals surface area contributed by atoms with Crippen molar-refractivity contribution in [1.29, 1.82) is 0 Å². The van der Waals surface area contributed by atoms with Gasteiger partial charge in [-0.3, -0.25) is 9.59 Å². The summed E-state index contributed by atoms with van der Waals surface area (Å²) in [6, 6.07) is 3.92. The van der Waals surface area contributed by atoms with Gasteiger partial charge in [0.05, 0.1) is 5.02 Å². The Morgan fingerprint density at radius 3 is 2.95 bits per heavy atom. The van der Waals surface area contributed by atoms with E-state index in [2.05, 4.69) is 5.32 Å². The van der Waals surface area contributed by atoms with Crippen molar-refractivity contribution in [1.82, 2.24) is 10.2 Å². The summed E-state index contributed by atoms with van der Waals surface area (Å²) in [5.41, 5.74) is 0. The molecule has 0 unspecified atom stereocenters. The van der Waals surface area contributed by atoms with Crippen LogP contribution in [0.15, 0.2) is 18.2 Å². The van der Waals surface area contributed by atoms with Crippen molar-refractivity contribution >= 4 is 23.4 Å². The molecule has 0 aromatic heterocycles. The van der Waals surface area contributed by atoms with Gasteiger partial charge in [0.15, 0.2) is 6.61 Å². The Balaban J connectivity index is 1.61. The minimum absolute atomic E-state index is 0.0480. The summed E-state index contributed by atoms with van der Waals surface area (Å²) in [6.45, 7) is 1.79. The average molecular weight is 329 g/mol. The second-order valence-electron chi connectivity index (χ2n) is 5.05. The van der Waals surface area contributed by atoms with Crippen molar-refractivity contribution < 1.29 is 18.7 Å². The van der Waals surface area contributed by atoms with Gasteiger partial charge in [0.2, 0.25) is 5.91 Å². The summed E-state index contributed by atoms with van der Waals surface area (Å²) >= 11 is 5.62. The molecule has 2 rings (SSSR count). The summed E-state index contributed by atoms with van der Waals surface area (Å²) in [5, 5.41) is 2.66. The summed E-state index contributed by atoms with van der Waals surface area (Å²) in [5.74, 6) is -0.282. The molecule has 1 fully saturated rings. The van der Waals surface area contributed by atoms with E-state index in [4.69, 9.17) is 16.3 Å². The van der Waals surface area contributed by atoms with Crippen LogP contribution in [0.3, 0.4) is 0 Å².